The molecule has 0 saturated carbocycles. The Bertz CT molecular complexity index is 1090. The van der Waals surface area contributed by atoms with Crippen molar-refractivity contribution in [3.8, 4) is 11.3 Å². The number of benzene rings is 2. The lowest BCUT2D eigenvalue weighted by Crippen LogP contribution is -2.37. The number of carbonyl (C=O) groups is 1. The van der Waals surface area contributed by atoms with Gasteiger partial charge >= 0.3 is 0 Å². The van der Waals surface area contributed by atoms with E-state index < -0.39 is 10.8 Å². The first-order valence-electron chi connectivity index (χ1n) is 9.31. The Morgan fingerprint density at radius 1 is 1.07 bits per heavy atom. The van der Waals surface area contributed by atoms with Crippen LogP contribution in [0.4, 0.5) is 17.1 Å². The van der Waals surface area contributed by atoms with Gasteiger partial charge in [-0.25, -0.2) is 0 Å². The smallest absolute Gasteiger partial charge is 0.291 e. The second-order valence-corrected chi connectivity index (χ2v) is 7.03. The third-order valence-electron chi connectivity index (χ3n) is 4.76. The highest BCUT2D eigenvalue weighted by Gasteiger charge is 2.22. The number of halogens is 1. The summed E-state index contributed by atoms with van der Waals surface area (Å²) in [6, 6.07) is 14.5. The monoisotopic (exact) mass is 427 g/mol. The van der Waals surface area contributed by atoms with Crippen LogP contribution >= 0.6 is 11.6 Å². The molecule has 1 amide bonds. The molecular formula is C21H18ClN3O5. The molecule has 154 valence electrons. The molecule has 0 unspecified atom stereocenters. The third kappa shape index (κ3) is 4.00. The van der Waals surface area contributed by atoms with Gasteiger partial charge in [-0.1, -0.05) is 29.8 Å². The number of nitro groups is 1. The van der Waals surface area contributed by atoms with Gasteiger partial charge < -0.3 is 19.4 Å². The number of rotatable bonds is 5. The van der Waals surface area contributed by atoms with Gasteiger partial charge in [-0.2, -0.15) is 0 Å². The van der Waals surface area contributed by atoms with Gasteiger partial charge in [-0.15, -0.1) is 0 Å². The highest BCUT2D eigenvalue weighted by Crippen LogP contribution is 2.35. The maximum absolute atomic E-state index is 12.8. The van der Waals surface area contributed by atoms with E-state index in [-0.39, 0.29) is 17.2 Å². The maximum Gasteiger partial charge on any atom is 0.291 e. The van der Waals surface area contributed by atoms with Crippen molar-refractivity contribution in [2.45, 2.75) is 0 Å². The second kappa shape index (κ2) is 8.56. The number of nitro benzene ring substituents is 1. The number of anilines is 2. The fourth-order valence-electron chi connectivity index (χ4n) is 3.35. The lowest BCUT2D eigenvalue weighted by molar-refractivity contribution is -0.384. The lowest BCUT2D eigenvalue weighted by Gasteiger charge is -2.31. The quantitative estimate of drug-likeness (QED) is 0.472. The van der Waals surface area contributed by atoms with Crippen molar-refractivity contribution in [3.05, 3.63) is 75.5 Å². The molecule has 1 N–H and O–H groups in total. The van der Waals surface area contributed by atoms with E-state index in [1.165, 1.54) is 18.2 Å². The minimum absolute atomic E-state index is 0.0380. The Labute approximate surface area is 177 Å². The number of morpholine rings is 1. The highest BCUT2D eigenvalue weighted by molar-refractivity contribution is 6.34. The van der Waals surface area contributed by atoms with Crippen molar-refractivity contribution in [2.24, 2.45) is 0 Å². The molecule has 1 aromatic heterocycles. The SMILES string of the molecule is O=C(Nc1cccc(Cl)c1N1CCOCC1)c1ccc(-c2ccccc2[N+](=O)[O-])o1. The fraction of sp³-hybridized carbons (Fsp3) is 0.190. The molecule has 4 rings (SSSR count). The molecule has 9 heteroatoms. The molecule has 0 bridgehead atoms. The minimum Gasteiger partial charge on any atom is -0.451 e. The number of carbonyl (C=O) groups excluding carboxylic acids is 1. The molecule has 0 spiro atoms. The molecule has 2 aromatic carbocycles. The van der Waals surface area contributed by atoms with Crippen LogP contribution in [0.1, 0.15) is 10.6 Å². The van der Waals surface area contributed by atoms with Crippen LogP contribution in [0.25, 0.3) is 11.3 Å². The largest absolute Gasteiger partial charge is 0.451 e. The average Bonchev–Trinajstić information content (AvgIpc) is 3.25. The normalized spacial score (nSPS) is 13.8. The maximum atomic E-state index is 12.8. The summed E-state index contributed by atoms with van der Waals surface area (Å²) in [6.45, 7) is 2.48. The molecule has 3 aromatic rings. The number of para-hydroxylation sites is 2. The number of hydrogen-bond donors (Lipinski definition) is 1. The zero-order valence-corrected chi connectivity index (χ0v) is 16.6. The van der Waals surface area contributed by atoms with Crippen molar-refractivity contribution < 1.29 is 18.9 Å². The summed E-state index contributed by atoms with van der Waals surface area (Å²) in [7, 11) is 0. The number of ether oxygens (including phenoxy) is 1. The van der Waals surface area contributed by atoms with Gasteiger partial charge in [0.05, 0.1) is 40.1 Å². The van der Waals surface area contributed by atoms with Gasteiger partial charge in [0.25, 0.3) is 11.6 Å². The molecule has 1 aliphatic heterocycles. The van der Waals surface area contributed by atoms with E-state index in [1.54, 1.807) is 36.4 Å². The van der Waals surface area contributed by atoms with Gasteiger partial charge in [-0.3, -0.25) is 14.9 Å². The molecule has 1 fully saturated rings. The average molecular weight is 428 g/mol. The van der Waals surface area contributed by atoms with E-state index >= 15 is 0 Å². The lowest BCUT2D eigenvalue weighted by atomic mass is 10.1. The minimum atomic E-state index is -0.488. The Kier molecular flexibility index (Phi) is 5.69. The van der Waals surface area contributed by atoms with Crippen LogP contribution in [0, 0.1) is 10.1 Å². The van der Waals surface area contributed by atoms with Crippen LogP contribution in [-0.2, 0) is 4.74 Å². The van der Waals surface area contributed by atoms with Crippen molar-refractivity contribution >= 4 is 34.6 Å². The number of hydrogen-bond acceptors (Lipinski definition) is 6. The number of nitrogens with zero attached hydrogens (tertiary/aromatic N) is 2. The molecular weight excluding hydrogens is 410 g/mol. The van der Waals surface area contributed by atoms with Crippen molar-refractivity contribution in [2.75, 3.05) is 36.5 Å². The van der Waals surface area contributed by atoms with Gasteiger partial charge in [0.1, 0.15) is 5.76 Å². The van der Waals surface area contributed by atoms with Crippen LogP contribution < -0.4 is 10.2 Å². The van der Waals surface area contributed by atoms with E-state index in [2.05, 4.69) is 10.2 Å². The molecule has 0 atom stereocenters. The van der Waals surface area contributed by atoms with E-state index in [9.17, 15) is 14.9 Å². The van der Waals surface area contributed by atoms with Gasteiger partial charge in [0.15, 0.2) is 5.76 Å². The Hall–Kier alpha value is -3.36. The van der Waals surface area contributed by atoms with Gasteiger partial charge in [0.2, 0.25) is 0 Å². The summed E-state index contributed by atoms with van der Waals surface area (Å²) >= 11 is 6.40. The molecule has 1 aliphatic rings. The first kappa shape index (κ1) is 19.9. The molecule has 0 radical (unpaired) electrons. The molecule has 0 aliphatic carbocycles. The van der Waals surface area contributed by atoms with Crippen molar-refractivity contribution in [1.29, 1.82) is 0 Å². The van der Waals surface area contributed by atoms with Crippen molar-refractivity contribution in [3.63, 3.8) is 0 Å². The van der Waals surface area contributed by atoms with E-state index in [4.69, 9.17) is 20.8 Å². The second-order valence-electron chi connectivity index (χ2n) is 6.63. The predicted molar refractivity (Wildman–Crippen MR) is 113 cm³/mol. The molecule has 8 nitrogen and oxygen atoms in total. The highest BCUT2D eigenvalue weighted by atomic mass is 35.5. The van der Waals surface area contributed by atoms with E-state index in [0.717, 1.165) is 5.69 Å². The Balaban J connectivity index is 1.59. The first-order valence-corrected chi connectivity index (χ1v) is 9.68. The van der Waals surface area contributed by atoms with E-state index in [1.807, 2.05) is 0 Å². The van der Waals surface area contributed by atoms with Gasteiger partial charge in [-0.05, 0) is 30.3 Å². The molecule has 2 heterocycles. The summed E-state index contributed by atoms with van der Waals surface area (Å²) in [5, 5.41) is 14.6. The molecule has 1 saturated heterocycles. The summed E-state index contributed by atoms with van der Waals surface area (Å²) in [4.78, 5) is 25.6. The number of amides is 1. The summed E-state index contributed by atoms with van der Waals surface area (Å²) in [5.41, 5.74) is 1.49. The number of nitrogens with one attached hydrogen (secondary N) is 1. The Morgan fingerprint density at radius 3 is 2.60 bits per heavy atom. The van der Waals surface area contributed by atoms with Crippen LogP contribution in [0.2, 0.25) is 5.02 Å². The van der Waals surface area contributed by atoms with Crippen LogP contribution in [0.5, 0.6) is 0 Å². The fourth-order valence-corrected chi connectivity index (χ4v) is 3.65. The third-order valence-corrected chi connectivity index (χ3v) is 5.06. The summed E-state index contributed by atoms with van der Waals surface area (Å²) in [6.07, 6.45) is 0. The topological polar surface area (TPSA) is 97.9 Å². The zero-order chi connectivity index (χ0) is 21.1. The van der Waals surface area contributed by atoms with E-state index in [0.29, 0.717) is 42.6 Å². The first-order chi connectivity index (χ1) is 14.5. The number of furan rings is 1. The predicted octanol–water partition coefficient (Wildman–Crippen LogP) is 4.60. The van der Waals surface area contributed by atoms with Crippen molar-refractivity contribution in [1.82, 2.24) is 0 Å². The van der Waals surface area contributed by atoms with Crippen LogP contribution in [-0.4, -0.2) is 37.1 Å². The summed E-state index contributed by atoms with van der Waals surface area (Å²) < 4.78 is 11.0. The zero-order valence-electron chi connectivity index (χ0n) is 15.8. The summed E-state index contributed by atoms with van der Waals surface area (Å²) in [5.74, 6) is -0.195. The van der Waals surface area contributed by atoms with Crippen LogP contribution in [0.3, 0.4) is 0 Å². The molecule has 30 heavy (non-hydrogen) atoms. The standard InChI is InChI=1S/C21H18ClN3O5/c22-15-5-3-6-16(20(15)24-10-12-29-13-11-24)23-21(26)19-9-8-18(30-19)14-4-1-2-7-17(14)25(27)28/h1-9H,10-13H2,(H,23,26). The van der Waals surface area contributed by atoms with Crippen LogP contribution in [0.15, 0.2) is 59.0 Å². The Morgan fingerprint density at radius 2 is 1.83 bits per heavy atom. The van der Waals surface area contributed by atoms with Gasteiger partial charge in [0, 0.05) is 19.2 Å².